The second kappa shape index (κ2) is 5.89. The number of nitrogens with one attached hydrogen (secondary N) is 2. The van der Waals surface area contributed by atoms with Gasteiger partial charge in [0, 0.05) is 0 Å². The highest BCUT2D eigenvalue weighted by Gasteiger charge is 2.27. The fraction of sp³-hybridized carbons (Fsp3) is 0.176. The van der Waals surface area contributed by atoms with Gasteiger partial charge in [0.05, 0.1) is 17.4 Å². The van der Waals surface area contributed by atoms with Crippen molar-refractivity contribution in [2.45, 2.75) is 13.0 Å². The number of fused-ring (bicyclic) bond motifs is 1. The predicted octanol–water partition coefficient (Wildman–Crippen LogP) is 2.92. The Hall–Kier alpha value is -2.82. The van der Waals surface area contributed by atoms with E-state index in [-0.39, 0.29) is 24.5 Å². The Morgan fingerprint density at radius 1 is 1.14 bits per heavy atom. The molecule has 0 radical (unpaired) electrons. The van der Waals surface area contributed by atoms with Crippen LogP contribution in [0, 0.1) is 0 Å². The molecule has 1 atom stereocenters. The van der Waals surface area contributed by atoms with Gasteiger partial charge in [0.2, 0.25) is 5.91 Å². The number of anilines is 2. The number of carbonyl (C=O) groups is 2. The first kappa shape index (κ1) is 14.1. The van der Waals surface area contributed by atoms with Gasteiger partial charge in [-0.15, -0.1) is 0 Å². The number of para-hydroxylation sites is 2. The van der Waals surface area contributed by atoms with Crippen molar-refractivity contribution in [2.75, 3.05) is 16.8 Å². The summed E-state index contributed by atoms with van der Waals surface area (Å²) in [6.45, 7) is 1.94. The lowest BCUT2D eigenvalue weighted by atomic mass is 10.1. The summed E-state index contributed by atoms with van der Waals surface area (Å²) in [6, 6.07) is 16.6. The van der Waals surface area contributed by atoms with Gasteiger partial charge in [-0.2, -0.15) is 0 Å². The molecule has 0 fully saturated rings. The van der Waals surface area contributed by atoms with E-state index in [4.69, 9.17) is 0 Å². The summed E-state index contributed by atoms with van der Waals surface area (Å²) in [5.74, 6) is -0.193. The molecule has 2 N–H and O–H groups in total. The molecular weight excluding hydrogens is 278 g/mol. The van der Waals surface area contributed by atoms with Crippen LogP contribution in [0.4, 0.5) is 16.2 Å². The minimum Gasteiger partial charge on any atom is -0.331 e. The van der Waals surface area contributed by atoms with Crippen LogP contribution in [0.5, 0.6) is 0 Å². The summed E-state index contributed by atoms with van der Waals surface area (Å²) < 4.78 is 0. The highest BCUT2D eigenvalue weighted by Crippen LogP contribution is 2.29. The Kier molecular flexibility index (Phi) is 3.78. The lowest BCUT2D eigenvalue weighted by Crippen LogP contribution is -2.47. The molecule has 1 unspecified atom stereocenters. The van der Waals surface area contributed by atoms with Crippen LogP contribution in [0.25, 0.3) is 0 Å². The molecule has 0 bridgehead atoms. The highest BCUT2D eigenvalue weighted by atomic mass is 16.2. The predicted molar refractivity (Wildman–Crippen MR) is 85.8 cm³/mol. The Balaban J connectivity index is 1.79. The van der Waals surface area contributed by atoms with Gasteiger partial charge in [-0.25, -0.2) is 4.79 Å². The molecule has 0 saturated heterocycles. The maximum absolute atomic E-state index is 12.5. The number of urea groups is 1. The van der Waals surface area contributed by atoms with Crippen molar-refractivity contribution in [3.05, 3.63) is 60.2 Å². The van der Waals surface area contributed by atoms with Gasteiger partial charge in [0.25, 0.3) is 0 Å². The van der Waals surface area contributed by atoms with Gasteiger partial charge in [-0.1, -0.05) is 42.5 Å². The van der Waals surface area contributed by atoms with Crippen LogP contribution in [0.1, 0.15) is 18.5 Å². The number of rotatable bonds is 2. The molecule has 3 amide bonds. The summed E-state index contributed by atoms with van der Waals surface area (Å²) >= 11 is 0. The number of hydrogen-bond acceptors (Lipinski definition) is 2. The van der Waals surface area contributed by atoms with Gasteiger partial charge in [0.15, 0.2) is 0 Å². The van der Waals surface area contributed by atoms with Crippen molar-refractivity contribution >= 4 is 23.3 Å². The normalized spacial score (nSPS) is 14.8. The second-order valence-corrected chi connectivity index (χ2v) is 5.23. The molecule has 3 rings (SSSR count). The van der Waals surface area contributed by atoms with Crippen LogP contribution in [0.3, 0.4) is 0 Å². The maximum atomic E-state index is 12.5. The van der Waals surface area contributed by atoms with Crippen molar-refractivity contribution in [1.29, 1.82) is 0 Å². The summed E-state index contributed by atoms with van der Waals surface area (Å²) in [4.78, 5) is 25.8. The quantitative estimate of drug-likeness (QED) is 0.895. The van der Waals surface area contributed by atoms with Crippen LogP contribution in [-0.4, -0.2) is 18.5 Å². The molecule has 0 saturated carbocycles. The number of carbonyl (C=O) groups excluding carboxylic acids is 2. The molecule has 1 aliphatic rings. The third-order valence-electron chi connectivity index (χ3n) is 3.66. The van der Waals surface area contributed by atoms with Crippen molar-refractivity contribution in [2.24, 2.45) is 0 Å². The minimum atomic E-state index is -0.279. The van der Waals surface area contributed by atoms with Crippen LogP contribution >= 0.6 is 0 Å². The van der Waals surface area contributed by atoms with Crippen LogP contribution in [0.2, 0.25) is 0 Å². The van der Waals surface area contributed by atoms with E-state index < -0.39 is 0 Å². The molecule has 0 aromatic heterocycles. The van der Waals surface area contributed by atoms with Gasteiger partial charge < -0.3 is 10.6 Å². The largest absolute Gasteiger partial charge is 0.331 e. The second-order valence-electron chi connectivity index (χ2n) is 5.23. The van der Waals surface area contributed by atoms with E-state index >= 15 is 0 Å². The molecule has 2 aromatic carbocycles. The third-order valence-corrected chi connectivity index (χ3v) is 3.66. The first-order valence-corrected chi connectivity index (χ1v) is 7.17. The summed E-state index contributed by atoms with van der Waals surface area (Å²) in [6.07, 6.45) is 0. The lowest BCUT2D eigenvalue weighted by Gasteiger charge is -2.30. The van der Waals surface area contributed by atoms with Crippen molar-refractivity contribution in [1.82, 2.24) is 5.32 Å². The fourth-order valence-electron chi connectivity index (χ4n) is 2.50. The molecular formula is C17H17N3O2. The van der Waals surface area contributed by atoms with Crippen molar-refractivity contribution in [3.63, 3.8) is 0 Å². The Labute approximate surface area is 128 Å². The van der Waals surface area contributed by atoms with E-state index in [1.165, 1.54) is 4.90 Å². The molecule has 22 heavy (non-hydrogen) atoms. The molecule has 1 aliphatic heterocycles. The van der Waals surface area contributed by atoms with Gasteiger partial charge in [0.1, 0.15) is 6.54 Å². The Bertz CT molecular complexity index is 700. The van der Waals surface area contributed by atoms with E-state index in [1.54, 1.807) is 6.07 Å². The van der Waals surface area contributed by atoms with E-state index in [2.05, 4.69) is 10.6 Å². The monoisotopic (exact) mass is 295 g/mol. The number of amides is 3. The first-order chi connectivity index (χ1) is 10.6. The lowest BCUT2D eigenvalue weighted by molar-refractivity contribution is -0.115. The zero-order valence-electron chi connectivity index (χ0n) is 12.2. The number of benzene rings is 2. The fourth-order valence-corrected chi connectivity index (χ4v) is 2.50. The zero-order chi connectivity index (χ0) is 15.5. The van der Waals surface area contributed by atoms with Gasteiger partial charge in [-0.3, -0.25) is 9.69 Å². The van der Waals surface area contributed by atoms with E-state index in [1.807, 2.05) is 55.5 Å². The SMILES string of the molecule is CC(NC(=O)N1CC(=O)Nc2ccccc21)c1ccccc1. The number of nitrogens with zero attached hydrogens (tertiary/aromatic N) is 1. The van der Waals surface area contributed by atoms with Crippen molar-refractivity contribution in [3.8, 4) is 0 Å². The van der Waals surface area contributed by atoms with E-state index in [9.17, 15) is 9.59 Å². The summed E-state index contributed by atoms with van der Waals surface area (Å²) in [5, 5.41) is 5.70. The van der Waals surface area contributed by atoms with Gasteiger partial charge >= 0.3 is 6.03 Å². The van der Waals surface area contributed by atoms with Gasteiger partial charge in [-0.05, 0) is 24.6 Å². The standard InChI is InChI=1S/C17H17N3O2/c1-12(13-7-3-2-4-8-13)18-17(22)20-11-16(21)19-14-9-5-6-10-15(14)20/h2-10,12H,11H2,1H3,(H,18,22)(H,19,21). The summed E-state index contributed by atoms with van der Waals surface area (Å²) in [7, 11) is 0. The maximum Gasteiger partial charge on any atom is 0.322 e. The average Bonchev–Trinajstić information content (AvgIpc) is 2.54. The topological polar surface area (TPSA) is 61.4 Å². The van der Waals surface area contributed by atoms with Crippen LogP contribution in [0.15, 0.2) is 54.6 Å². The van der Waals surface area contributed by atoms with E-state index in [0.717, 1.165) is 5.56 Å². The highest BCUT2D eigenvalue weighted by molar-refractivity contribution is 6.09. The Morgan fingerprint density at radius 3 is 2.59 bits per heavy atom. The third kappa shape index (κ3) is 2.79. The average molecular weight is 295 g/mol. The van der Waals surface area contributed by atoms with Crippen LogP contribution in [-0.2, 0) is 4.79 Å². The van der Waals surface area contributed by atoms with E-state index in [0.29, 0.717) is 11.4 Å². The minimum absolute atomic E-state index is 0.0182. The van der Waals surface area contributed by atoms with Crippen molar-refractivity contribution < 1.29 is 9.59 Å². The molecule has 5 heteroatoms. The van der Waals surface area contributed by atoms with Crippen LogP contribution < -0.4 is 15.5 Å². The molecule has 0 spiro atoms. The smallest absolute Gasteiger partial charge is 0.322 e. The summed E-state index contributed by atoms with van der Waals surface area (Å²) in [5.41, 5.74) is 2.38. The number of hydrogen-bond donors (Lipinski definition) is 2. The molecule has 2 aromatic rings. The molecule has 1 heterocycles. The molecule has 112 valence electrons. The molecule has 5 nitrogen and oxygen atoms in total. The first-order valence-electron chi connectivity index (χ1n) is 7.17. The zero-order valence-corrected chi connectivity index (χ0v) is 12.2. The molecule has 0 aliphatic carbocycles. The Morgan fingerprint density at radius 2 is 1.82 bits per heavy atom.